The first-order chi connectivity index (χ1) is 5.61. The fraction of sp³-hybridized carbons (Fsp3) is 0.875. The molecule has 0 saturated carbocycles. The van der Waals surface area contributed by atoms with Crippen LogP contribution in [0.1, 0.15) is 20.8 Å². The summed E-state index contributed by atoms with van der Waals surface area (Å²) in [7, 11) is 0. The van der Waals surface area contributed by atoms with E-state index in [1.165, 1.54) is 11.8 Å². The second-order valence-electron chi connectivity index (χ2n) is 2.52. The fourth-order valence-electron chi connectivity index (χ4n) is 0.707. The van der Waals surface area contributed by atoms with Gasteiger partial charge in [0.05, 0.1) is 18.5 Å². The van der Waals surface area contributed by atoms with Crippen LogP contribution in [0.2, 0.25) is 0 Å². The molecule has 0 amide bonds. The normalized spacial score (nSPS) is 15.3. The monoisotopic (exact) mass is 192 g/mol. The number of ether oxygens (including phenoxy) is 1. The molecule has 0 fully saturated rings. The molecular weight excluding hydrogens is 176 g/mol. The zero-order valence-electron chi connectivity index (χ0n) is 7.74. The largest absolute Gasteiger partial charge is 0.465 e. The van der Waals surface area contributed by atoms with E-state index in [2.05, 4.69) is 0 Å². The summed E-state index contributed by atoms with van der Waals surface area (Å²) in [5.74, 6) is -0.206. The average Bonchev–Trinajstić information content (AvgIpc) is 2.04. The number of thioether (sulfide) groups is 1. The number of hydrogen-bond donors (Lipinski definition) is 1. The van der Waals surface area contributed by atoms with Gasteiger partial charge in [-0.05, 0) is 13.8 Å². The summed E-state index contributed by atoms with van der Waals surface area (Å²) in [6.07, 6.45) is 0. The topological polar surface area (TPSA) is 46.5 Å². The van der Waals surface area contributed by atoms with E-state index < -0.39 is 0 Å². The maximum atomic E-state index is 11.1. The van der Waals surface area contributed by atoms with Crippen molar-refractivity contribution in [2.45, 2.75) is 31.3 Å². The first-order valence-corrected chi connectivity index (χ1v) is 4.99. The highest BCUT2D eigenvalue weighted by molar-refractivity contribution is 8.01. The quantitative estimate of drug-likeness (QED) is 0.661. The zero-order chi connectivity index (χ0) is 9.56. The van der Waals surface area contributed by atoms with Gasteiger partial charge in [-0.15, -0.1) is 11.8 Å². The van der Waals surface area contributed by atoms with E-state index in [4.69, 9.17) is 9.84 Å². The lowest BCUT2D eigenvalue weighted by molar-refractivity contribution is -0.142. The molecule has 2 unspecified atom stereocenters. The molecule has 1 N–H and O–H groups in total. The van der Waals surface area contributed by atoms with Crippen LogP contribution in [0.15, 0.2) is 0 Å². The summed E-state index contributed by atoms with van der Waals surface area (Å²) >= 11 is 1.42. The third kappa shape index (κ3) is 4.62. The van der Waals surface area contributed by atoms with E-state index in [1.807, 2.05) is 6.92 Å². The van der Waals surface area contributed by atoms with Crippen molar-refractivity contribution in [2.24, 2.45) is 0 Å². The Bertz CT molecular complexity index is 138. The molecule has 4 heteroatoms. The zero-order valence-corrected chi connectivity index (χ0v) is 8.56. The lowest BCUT2D eigenvalue weighted by atomic mass is 10.5. The molecule has 0 saturated heterocycles. The maximum Gasteiger partial charge on any atom is 0.318 e. The molecule has 0 heterocycles. The Balaban J connectivity index is 3.70. The molecule has 72 valence electrons. The highest BCUT2D eigenvalue weighted by atomic mass is 32.2. The van der Waals surface area contributed by atoms with Crippen LogP contribution >= 0.6 is 11.8 Å². The number of hydrogen-bond acceptors (Lipinski definition) is 4. The molecule has 0 aromatic rings. The second kappa shape index (κ2) is 6.31. The van der Waals surface area contributed by atoms with Crippen LogP contribution in [0.3, 0.4) is 0 Å². The Morgan fingerprint density at radius 3 is 2.58 bits per heavy atom. The van der Waals surface area contributed by atoms with Gasteiger partial charge < -0.3 is 9.84 Å². The second-order valence-corrected chi connectivity index (χ2v) is 4.31. The van der Waals surface area contributed by atoms with Crippen molar-refractivity contribution in [2.75, 3.05) is 13.2 Å². The Hall–Kier alpha value is -0.220. The summed E-state index contributed by atoms with van der Waals surface area (Å²) in [5.41, 5.74) is 0. The molecule has 0 aromatic heterocycles. The van der Waals surface area contributed by atoms with Gasteiger partial charge in [0, 0.05) is 5.25 Å². The maximum absolute atomic E-state index is 11.1. The molecule has 12 heavy (non-hydrogen) atoms. The summed E-state index contributed by atoms with van der Waals surface area (Å²) < 4.78 is 4.81. The van der Waals surface area contributed by atoms with Gasteiger partial charge in [0.15, 0.2) is 0 Å². The Morgan fingerprint density at radius 2 is 2.17 bits per heavy atom. The molecule has 0 bridgehead atoms. The third-order valence-electron chi connectivity index (χ3n) is 1.31. The summed E-state index contributed by atoms with van der Waals surface area (Å²) in [5, 5.41) is 8.62. The Labute approximate surface area is 77.5 Å². The van der Waals surface area contributed by atoms with Crippen molar-refractivity contribution in [3.8, 4) is 0 Å². The molecule has 0 aliphatic heterocycles. The van der Waals surface area contributed by atoms with Gasteiger partial charge in [-0.25, -0.2) is 0 Å². The summed E-state index contributed by atoms with van der Waals surface area (Å²) in [4.78, 5) is 11.1. The lowest BCUT2D eigenvalue weighted by Crippen LogP contribution is -2.20. The van der Waals surface area contributed by atoms with Gasteiger partial charge in [0.1, 0.15) is 0 Å². The molecule has 0 aliphatic rings. The van der Waals surface area contributed by atoms with Crippen LogP contribution in [0.4, 0.5) is 0 Å². The Kier molecular flexibility index (Phi) is 6.20. The van der Waals surface area contributed by atoms with Crippen LogP contribution in [0.5, 0.6) is 0 Å². The van der Waals surface area contributed by atoms with Gasteiger partial charge in [0.2, 0.25) is 0 Å². The highest BCUT2D eigenvalue weighted by Crippen LogP contribution is 2.17. The van der Waals surface area contributed by atoms with Gasteiger partial charge in [-0.1, -0.05) is 6.92 Å². The van der Waals surface area contributed by atoms with E-state index in [0.717, 1.165) is 0 Å². The van der Waals surface area contributed by atoms with Crippen LogP contribution in [-0.4, -0.2) is 34.8 Å². The molecule has 3 nitrogen and oxygen atoms in total. The van der Waals surface area contributed by atoms with Gasteiger partial charge in [-0.3, -0.25) is 4.79 Å². The smallest absolute Gasteiger partial charge is 0.318 e. The van der Waals surface area contributed by atoms with Crippen molar-refractivity contribution in [1.82, 2.24) is 0 Å². The number of carbonyl (C=O) groups excluding carboxylic acids is 1. The van der Waals surface area contributed by atoms with Gasteiger partial charge >= 0.3 is 5.97 Å². The average molecular weight is 192 g/mol. The van der Waals surface area contributed by atoms with Crippen molar-refractivity contribution in [3.63, 3.8) is 0 Å². The number of esters is 1. The molecule has 0 rings (SSSR count). The predicted molar refractivity (Wildman–Crippen MR) is 50.2 cm³/mol. The molecule has 2 atom stereocenters. The summed E-state index contributed by atoms with van der Waals surface area (Å²) in [6.45, 7) is 5.95. The molecular formula is C8H16O3S. The lowest BCUT2D eigenvalue weighted by Gasteiger charge is -2.13. The molecule has 0 spiro atoms. The minimum absolute atomic E-state index is 0.0874. The van der Waals surface area contributed by atoms with Crippen molar-refractivity contribution in [1.29, 1.82) is 0 Å². The van der Waals surface area contributed by atoms with E-state index in [9.17, 15) is 4.79 Å². The minimum atomic E-state index is -0.206. The number of aliphatic hydroxyl groups excluding tert-OH is 1. The van der Waals surface area contributed by atoms with Crippen LogP contribution in [0.25, 0.3) is 0 Å². The fourth-order valence-corrected chi connectivity index (χ4v) is 1.67. The van der Waals surface area contributed by atoms with Crippen LogP contribution in [-0.2, 0) is 9.53 Å². The first-order valence-electron chi connectivity index (χ1n) is 4.04. The van der Waals surface area contributed by atoms with E-state index in [-0.39, 0.29) is 23.1 Å². The summed E-state index contributed by atoms with van der Waals surface area (Å²) in [6, 6.07) is 0. The van der Waals surface area contributed by atoms with Crippen molar-refractivity contribution < 1.29 is 14.6 Å². The van der Waals surface area contributed by atoms with Crippen molar-refractivity contribution >= 4 is 17.7 Å². The van der Waals surface area contributed by atoms with Crippen LogP contribution < -0.4 is 0 Å². The van der Waals surface area contributed by atoms with Crippen LogP contribution in [0, 0.1) is 0 Å². The van der Waals surface area contributed by atoms with E-state index >= 15 is 0 Å². The van der Waals surface area contributed by atoms with Crippen molar-refractivity contribution in [3.05, 3.63) is 0 Å². The first kappa shape index (κ1) is 11.8. The number of carbonyl (C=O) groups is 1. The van der Waals surface area contributed by atoms with E-state index in [1.54, 1.807) is 13.8 Å². The Morgan fingerprint density at radius 1 is 1.58 bits per heavy atom. The van der Waals surface area contributed by atoms with E-state index in [0.29, 0.717) is 6.61 Å². The minimum Gasteiger partial charge on any atom is -0.465 e. The molecule has 0 radical (unpaired) electrons. The highest BCUT2D eigenvalue weighted by Gasteiger charge is 2.16. The number of aliphatic hydroxyl groups is 1. The molecule has 0 aromatic carbocycles. The number of rotatable bonds is 5. The standard InChI is InChI=1S/C8H16O3S/c1-4-11-8(10)7(3)12-6(2)5-9/h6-7,9H,4-5H2,1-3H3. The predicted octanol–water partition coefficient (Wildman–Crippen LogP) is 1.05. The SMILES string of the molecule is CCOC(=O)C(C)SC(C)CO. The molecule has 0 aliphatic carbocycles. The van der Waals surface area contributed by atoms with Gasteiger partial charge in [-0.2, -0.15) is 0 Å². The third-order valence-corrected chi connectivity index (χ3v) is 2.53. The van der Waals surface area contributed by atoms with Gasteiger partial charge in [0.25, 0.3) is 0 Å².